The average molecular weight is 282 g/mol. The first-order valence-corrected chi connectivity index (χ1v) is 5.50. The van der Waals surface area contributed by atoms with Crippen molar-refractivity contribution in [1.82, 2.24) is 9.55 Å². The van der Waals surface area contributed by atoms with Crippen LogP contribution in [0.1, 0.15) is 5.56 Å². The number of nitrogens with one attached hydrogen (secondary N) is 1. The highest BCUT2D eigenvalue weighted by molar-refractivity contribution is 6.34. The molecule has 0 bridgehead atoms. The fourth-order valence-electron chi connectivity index (χ4n) is 1.40. The van der Waals surface area contributed by atoms with Crippen molar-refractivity contribution in [3.63, 3.8) is 0 Å². The molecule has 0 amide bonds. The number of nitriles is 1. The average Bonchev–Trinajstić information content (AvgIpc) is 2.33. The summed E-state index contributed by atoms with van der Waals surface area (Å²) < 4.78 is 1.06. The van der Waals surface area contributed by atoms with Crippen LogP contribution in [-0.2, 0) is 0 Å². The molecule has 0 aliphatic carbocycles. The number of benzene rings is 1. The summed E-state index contributed by atoms with van der Waals surface area (Å²) in [5, 5.41) is 9.42. The molecular formula is C11H5Cl2N3O2. The van der Waals surface area contributed by atoms with Crippen LogP contribution < -0.4 is 11.2 Å². The topological polar surface area (TPSA) is 78.7 Å². The maximum Gasteiger partial charge on any atom is 0.333 e. The molecule has 0 aliphatic rings. The van der Waals surface area contributed by atoms with E-state index in [1.165, 1.54) is 12.1 Å². The van der Waals surface area contributed by atoms with E-state index in [0.29, 0.717) is 10.7 Å². The van der Waals surface area contributed by atoms with Crippen molar-refractivity contribution in [2.45, 2.75) is 0 Å². The maximum absolute atomic E-state index is 11.7. The number of hydrogen-bond donors (Lipinski definition) is 1. The Balaban J connectivity index is 2.80. The molecule has 2 rings (SSSR count). The Morgan fingerprint density at radius 3 is 2.67 bits per heavy atom. The summed E-state index contributed by atoms with van der Waals surface area (Å²) in [6.45, 7) is 0. The van der Waals surface area contributed by atoms with E-state index in [1.54, 1.807) is 12.1 Å². The second-order valence-corrected chi connectivity index (χ2v) is 4.22. The van der Waals surface area contributed by atoms with Gasteiger partial charge in [-0.2, -0.15) is 5.26 Å². The summed E-state index contributed by atoms with van der Waals surface area (Å²) >= 11 is 11.8. The molecule has 0 aliphatic heterocycles. The Labute approximate surface area is 111 Å². The molecule has 0 atom stereocenters. The molecule has 0 saturated heterocycles. The van der Waals surface area contributed by atoms with Crippen molar-refractivity contribution in [1.29, 1.82) is 5.26 Å². The standard InChI is InChI=1S/C11H5Cl2N3O2/c12-7-1-2-8(13)9(3-7)16-5-6(4-14)10(17)15-11(16)18/h1-3,5H,(H,15,17,18). The number of rotatable bonds is 1. The number of halogens is 2. The van der Waals surface area contributed by atoms with Gasteiger partial charge in [0.2, 0.25) is 0 Å². The zero-order chi connectivity index (χ0) is 13.3. The lowest BCUT2D eigenvalue weighted by molar-refractivity contribution is 0.889. The first-order valence-electron chi connectivity index (χ1n) is 4.74. The van der Waals surface area contributed by atoms with Crippen LogP contribution in [0, 0.1) is 11.3 Å². The van der Waals surface area contributed by atoms with E-state index in [4.69, 9.17) is 28.5 Å². The molecule has 5 nitrogen and oxygen atoms in total. The molecule has 90 valence electrons. The number of hydrogen-bond acceptors (Lipinski definition) is 3. The van der Waals surface area contributed by atoms with Crippen LogP contribution in [0.4, 0.5) is 0 Å². The molecule has 18 heavy (non-hydrogen) atoms. The Hall–Kier alpha value is -2.03. The number of H-pyrrole nitrogens is 1. The predicted molar refractivity (Wildman–Crippen MR) is 67.4 cm³/mol. The molecular weight excluding hydrogens is 277 g/mol. The van der Waals surface area contributed by atoms with Gasteiger partial charge in [-0.25, -0.2) is 4.79 Å². The van der Waals surface area contributed by atoms with Crippen molar-refractivity contribution in [3.05, 3.63) is 60.8 Å². The number of nitrogens with zero attached hydrogens (tertiary/aromatic N) is 2. The van der Waals surface area contributed by atoms with Crippen LogP contribution in [0.3, 0.4) is 0 Å². The second kappa shape index (κ2) is 4.69. The molecule has 1 heterocycles. The van der Waals surface area contributed by atoms with Crippen molar-refractivity contribution in [2.24, 2.45) is 0 Å². The highest BCUT2D eigenvalue weighted by Gasteiger charge is 2.09. The molecule has 1 aromatic carbocycles. The maximum atomic E-state index is 11.7. The highest BCUT2D eigenvalue weighted by atomic mass is 35.5. The van der Waals surface area contributed by atoms with Gasteiger partial charge in [-0.05, 0) is 18.2 Å². The second-order valence-electron chi connectivity index (χ2n) is 3.38. The van der Waals surface area contributed by atoms with Crippen LogP contribution in [0.5, 0.6) is 0 Å². The lowest BCUT2D eigenvalue weighted by atomic mass is 10.3. The molecule has 0 spiro atoms. The van der Waals surface area contributed by atoms with Crippen LogP contribution in [0.15, 0.2) is 34.0 Å². The summed E-state index contributed by atoms with van der Waals surface area (Å²) in [4.78, 5) is 25.0. The van der Waals surface area contributed by atoms with Gasteiger partial charge in [0.1, 0.15) is 11.6 Å². The first-order chi connectivity index (χ1) is 8.52. The van der Waals surface area contributed by atoms with E-state index in [1.807, 2.05) is 4.98 Å². The first kappa shape index (κ1) is 12.4. The predicted octanol–water partition coefficient (Wildman–Crippen LogP) is 1.70. The summed E-state index contributed by atoms with van der Waals surface area (Å²) in [5.41, 5.74) is -1.33. The third kappa shape index (κ3) is 2.16. The summed E-state index contributed by atoms with van der Waals surface area (Å²) in [5.74, 6) is 0. The third-order valence-electron chi connectivity index (χ3n) is 2.23. The molecule has 2 aromatic rings. The Bertz CT molecular complexity index is 771. The lowest BCUT2D eigenvalue weighted by Crippen LogP contribution is -2.30. The lowest BCUT2D eigenvalue weighted by Gasteiger charge is -2.07. The van der Waals surface area contributed by atoms with Gasteiger partial charge in [-0.1, -0.05) is 23.2 Å². The van der Waals surface area contributed by atoms with Crippen LogP contribution in [-0.4, -0.2) is 9.55 Å². The molecule has 1 aromatic heterocycles. The monoisotopic (exact) mass is 281 g/mol. The molecule has 7 heteroatoms. The minimum atomic E-state index is -0.739. The van der Waals surface area contributed by atoms with Gasteiger partial charge in [0, 0.05) is 11.2 Å². The summed E-state index contributed by atoms with van der Waals surface area (Å²) in [6, 6.07) is 6.23. The normalized spacial score (nSPS) is 10.1. The van der Waals surface area contributed by atoms with Crippen molar-refractivity contribution < 1.29 is 0 Å². The van der Waals surface area contributed by atoms with Gasteiger partial charge in [-0.15, -0.1) is 0 Å². The van der Waals surface area contributed by atoms with Gasteiger partial charge in [0.05, 0.1) is 10.7 Å². The summed E-state index contributed by atoms with van der Waals surface area (Å²) in [7, 11) is 0. The van der Waals surface area contributed by atoms with Gasteiger partial charge >= 0.3 is 5.69 Å². The zero-order valence-corrected chi connectivity index (χ0v) is 10.3. The van der Waals surface area contributed by atoms with Gasteiger partial charge in [0.25, 0.3) is 5.56 Å². The quantitative estimate of drug-likeness (QED) is 0.864. The number of aromatic nitrogens is 2. The van der Waals surface area contributed by atoms with Crippen molar-refractivity contribution >= 4 is 23.2 Å². The van der Waals surface area contributed by atoms with E-state index >= 15 is 0 Å². The van der Waals surface area contributed by atoms with E-state index in [2.05, 4.69) is 0 Å². The van der Waals surface area contributed by atoms with E-state index < -0.39 is 11.2 Å². The van der Waals surface area contributed by atoms with Crippen molar-refractivity contribution in [2.75, 3.05) is 0 Å². The van der Waals surface area contributed by atoms with E-state index in [-0.39, 0.29) is 10.6 Å². The highest BCUT2D eigenvalue weighted by Crippen LogP contribution is 2.22. The van der Waals surface area contributed by atoms with E-state index in [9.17, 15) is 9.59 Å². The SMILES string of the molecule is N#Cc1cn(-c2cc(Cl)ccc2Cl)c(=O)[nH]c1=O. The molecule has 0 unspecified atom stereocenters. The number of aromatic amines is 1. The molecule has 1 N–H and O–H groups in total. The Morgan fingerprint density at radius 1 is 1.28 bits per heavy atom. The van der Waals surface area contributed by atoms with Crippen molar-refractivity contribution in [3.8, 4) is 11.8 Å². The smallest absolute Gasteiger partial charge is 0.273 e. The van der Waals surface area contributed by atoms with Gasteiger partial charge in [0.15, 0.2) is 0 Å². The van der Waals surface area contributed by atoms with Gasteiger partial charge in [-0.3, -0.25) is 14.3 Å². The summed E-state index contributed by atoms with van der Waals surface area (Å²) in [6.07, 6.45) is 1.12. The molecule has 0 radical (unpaired) electrons. The zero-order valence-electron chi connectivity index (χ0n) is 8.78. The minimum absolute atomic E-state index is 0.189. The Kier molecular flexibility index (Phi) is 3.24. The van der Waals surface area contributed by atoms with Gasteiger partial charge < -0.3 is 0 Å². The van der Waals surface area contributed by atoms with Crippen LogP contribution in [0.2, 0.25) is 10.0 Å². The van der Waals surface area contributed by atoms with Crippen LogP contribution >= 0.6 is 23.2 Å². The molecule has 0 fully saturated rings. The fraction of sp³-hybridized carbons (Fsp3) is 0. The minimum Gasteiger partial charge on any atom is -0.273 e. The van der Waals surface area contributed by atoms with Crippen LogP contribution in [0.25, 0.3) is 5.69 Å². The third-order valence-corrected chi connectivity index (χ3v) is 2.78. The molecule has 0 saturated carbocycles. The largest absolute Gasteiger partial charge is 0.333 e. The Morgan fingerprint density at radius 2 is 2.00 bits per heavy atom. The van der Waals surface area contributed by atoms with E-state index in [0.717, 1.165) is 10.8 Å². The fourth-order valence-corrected chi connectivity index (χ4v) is 1.77.